The van der Waals surface area contributed by atoms with Crippen molar-refractivity contribution in [3.05, 3.63) is 29.6 Å². The molecule has 3 N–H and O–H groups in total. The molecule has 20 heavy (non-hydrogen) atoms. The Balaban J connectivity index is 1.78. The molecule has 4 heteroatoms. The standard InChI is InChI=1S/C16H25N3O/c1-12-10-13(4-8-18-12)15(19-17)14-5-9-20-16(11-14)6-2-3-7-16/h4,8,10,14-15,19H,2-3,5-7,9,11,17H2,1H3. The van der Waals surface area contributed by atoms with Crippen molar-refractivity contribution in [3.8, 4) is 0 Å². The quantitative estimate of drug-likeness (QED) is 0.657. The molecule has 1 aromatic rings. The summed E-state index contributed by atoms with van der Waals surface area (Å²) in [4.78, 5) is 4.28. The van der Waals surface area contributed by atoms with Crippen molar-refractivity contribution in [2.75, 3.05) is 6.61 Å². The van der Waals surface area contributed by atoms with Gasteiger partial charge in [0.15, 0.2) is 0 Å². The number of hydrogen-bond donors (Lipinski definition) is 2. The van der Waals surface area contributed by atoms with Crippen molar-refractivity contribution in [2.45, 2.75) is 57.1 Å². The maximum absolute atomic E-state index is 6.13. The number of aryl methyl sites for hydroxylation is 1. The minimum absolute atomic E-state index is 0.139. The van der Waals surface area contributed by atoms with Gasteiger partial charge in [0.25, 0.3) is 0 Å². The van der Waals surface area contributed by atoms with Crippen LogP contribution >= 0.6 is 0 Å². The third-order valence-electron chi connectivity index (χ3n) is 4.98. The molecule has 4 nitrogen and oxygen atoms in total. The van der Waals surface area contributed by atoms with E-state index in [1.165, 1.54) is 31.2 Å². The average molecular weight is 275 g/mol. The molecule has 1 saturated carbocycles. The Bertz CT molecular complexity index is 457. The second kappa shape index (κ2) is 5.80. The van der Waals surface area contributed by atoms with Gasteiger partial charge in [-0.05, 0) is 56.2 Å². The van der Waals surface area contributed by atoms with E-state index in [1.54, 1.807) is 0 Å². The highest BCUT2D eigenvalue weighted by atomic mass is 16.5. The Morgan fingerprint density at radius 3 is 2.95 bits per heavy atom. The molecular weight excluding hydrogens is 250 g/mol. The predicted molar refractivity (Wildman–Crippen MR) is 78.9 cm³/mol. The van der Waals surface area contributed by atoms with Crippen molar-refractivity contribution in [1.29, 1.82) is 0 Å². The summed E-state index contributed by atoms with van der Waals surface area (Å²) in [5.41, 5.74) is 5.47. The zero-order chi connectivity index (χ0) is 14.0. The van der Waals surface area contributed by atoms with Crippen LogP contribution in [0.5, 0.6) is 0 Å². The Labute approximate surface area is 121 Å². The number of nitrogens with zero attached hydrogens (tertiary/aromatic N) is 1. The zero-order valence-electron chi connectivity index (χ0n) is 12.3. The second-order valence-electron chi connectivity index (χ2n) is 6.37. The fraction of sp³-hybridized carbons (Fsp3) is 0.688. The fourth-order valence-electron chi connectivity index (χ4n) is 3.98. The molecule has 2 aliphatic rings. The first-order chi connectivity index (χ1) is 9.72. The molecule has 2 heterocycles. The molecule has 1 spiro atoms. The van der Waals surface area contributed by atoms with Crippen molar-refractivity contribution in [1.82, 2.24) is 10.4 Å². The monoisotopic (exact) mass is 275 g/mol. The SMILES string of the molecule is Cc1cc(C(NN)C2CCOC3(CCCC3)C2)ccn1. The van der Waals surface area contributed by atoms with Crippen molar-refractivity contribution < 1.29 is 4.74 Å². The number of ether oxygens (including phenoxy) is 1. The van der Waals surface area contributed by atoms with Gasteiger partial charge in [0.1, 0.15) is 0 Å². The number of nitrogens with one attached hydrogen (secondary N) is 1. The van der Waals surface area contributed by atoms with Crippen LogP contribution in [0.15, 0.2) is 18.3 Å². The zero-order valence-corrected chi connectivity index (χ0v) is 12.3. The maximum Gasteiger partial charge on any atom is 0.0686 e. The molecule has 1 aliphatic carbocycles. The summed E-state index contributed by atoms with van der Waals surface area (Å²) in [5, 5.41) is 0. The molecule has 3 rings (SSSR count). The molecular formula is C16H25N3O. The highest BCUT2D eigenvalue weighted by molar-refractivity contribution is 5.20. The Hall–Kier alpha value is -0.970. The normalized spacial score (nSPS) is 26.8. The van der Waals surface area contributed by atoms with Crippen LogP contribution < -0.4 is 11.3 Å². The van der Waals surface area contributed by atoms with Crippen LogP contribution in [0.4, 0.5) is 0 Å². The Morgan fingerprint density at radius 2 is 2.25 bits per heavy atom. The van der Waals surface area contributed by atoms with Crippen LogP contribution in [-0.4, -0.2) is 17.2 Å². The van der Waals surface area contributed by atoms with E-state index in [0.29, 0.717) is 5.92 Å². The first kappa shape index (κ1) is 14.0. The van der Waals surface area contributed by atoms with Gasteiger partial charge in [0, 0.05) is 24.5 Å². The van der Waals surface area contributed by atoms with Gasteiger partial charge in [-0.1, -0.05) is 12.8 Å². The van der Waals surface area contributed by atoms with Crippen LogP contribution in [0.25, 0.3) is 0 Å². The van der Waals surface area contributed by atoms with E-state index in [0.717, 1.165) is 25.1 Å². The molecule has 0 bridgehead atoms. The van der Waals surface area contributed by atoms with Gasteiger partial charge in [-0.3, -0.25) is 16.3 Å². The van der Waals surface area contributed by atoms with Crippen LogP contribution in [0.2, 0.25) is 0 Å². The number of hydrogen-bond acceptors (Lipinski definition) is 4. The number of rotatable bonds is 3. The van der Waals surface area contributed by atoms with Gasteiger partial charge < -0.3 is 4.74 Å². The third-order valence-corrected chi connectivity index (χ3v) is 4.98. The van der Waals surface area contributed by atoms with E-state index in [9.17, 15) is 0 Å². The largest absolute Gasteiger partial charge is 0.375 e. The lowest BCUT2D eigenvalue weighted by Crippen LogP contribution is -2.43. The molecule has 0 aromatic carbocycles. The molecule has 2 unspecified atom stereocenters. The predicted octanol–water partition coefficient (Wildman–Crippen LogP) is 2.63. The van der Waals surface area contributed by atoms with E-state index in [2.05, 4.69) is 22.5 Å². The van der Waals surface area contributed by atoms with Gasteiger partial charge in [-0.25, -0.2) is 0 Å². The lowest BCUT2D eigenvalue weighted by atomic mass is 9.79. The van der Waals surface area contributed by atoms with E-state index >= 15 is 0 Å². The van der Waals surface area contributed by atoms with Gasteiger partial charge in [0.2, 0.25) is 0 Å². The first-order valence-electron chi connectivity index (χ1n) is 7.75. The van der Waals surface area contributed by atoms with E-state index in [1.807, 2.05) is 13.1 Å². The minimum atomic E-state index is 0.139. The van der Waals surface area contributed by atoms with Gasteiger partial charge >= 0.3 is 0 Å². The third kappa shape index (κ3) is 2.73. The molecule has 1 aromatic heterocycles. The summed E-state index contributed by atoms with van der Waals surface area (Å²) in [6.45, 7) is 2.90. The molecule has 110 valence electrons. The molecule has 0 radical (unpaired) electrons. The molecule has 2 fully saturated rings. The molecule has 0 amide bonds. The van der Waals surface area contributed by atoms with Crippen LogP contribution in [0.1, 0.15) is 55.8 Å². The van der Waals surface area contributed by atoms with Crippen molar-refractivity contribution in [3.63, 3.8) is 0 Å². The van der Waals surface area contributed by atoms with Crippen molar-refractivity contribution in [2.24, 2.45) is 11.8 Å². The smallest absolute Gasteiger partial charge is 0.0686 e. The fourth-order valence-corrected chi connectivity index (χ4v) is 3.98. The topological polar surface area (TPSA) is 60.2 Å². The minimum Gasteiger partial charge on any atom is -0.375 e. The highest BCUT2D eigenvalue weighted by Crippen LogP contribution is 2.45. The van der Waals surface area contributed by atoms with Crippen LogP contribution in [-0.2, 0) is 4.74 Å². The molecule has 1 saturated heterocycles. The number of aromatic nitrogens is 1. The summed E-state index contributed by atoms with van der Waals surface area (Å²) in [7, 11) is 0. The summed E-state index contributed by atoms with van der Waals surface area (Å²) in [6.07, 6.45) is 9.14. The van der Waals surface area contributed by atoms with Crippen LogP contribution in [0.3, 0.4) is 0 Å². The van der Waals surface area contributed by atoms with Crippen molar-refractivity contribution >= 4 is 0 Å². The highest BCUT2D eigenvalue weighted by Gasteiger charge is 2.42. The van der Waals surface area contributed by atoms with Gasteiger partial charge in [-0.2, -0.15) is 0 Å². The Kier molecular flexibility index (Phi) is 4.06. The second-order valence-corrected chi connectivity index (χ2v) is 6.37. The number of nitrogens with two attached hydrogens (primary N) is 1. The molecule has 1 aliphatic heterocycles. The number of pyridine rings is 1. The van der Waals surface area contributed by atoms with E-state index < -0.39 is 0 Å². The van der Waals surface area contributed by atoms with Gasteiger partial charge in [-0.15, -0.1) is 0 Å². The summed E-state index contributed by atoms with van der Waals surface area (Å²) < 4.78 is 6.13. The first-order valence-corrected chi connectivity index (χ1v) is 7.75. The average Bonchev–Trinajstić information content (AvgIpc) is 2.88. The Morgan fingerprint density at radius 1 is 1.45 bits per heavy atom. The summed E-state index contributed by atoms with van der Waals surface area (Å²) in [6, 6.07) is 4.42. The lowest BCUT2D eigenvalue weighted by Gasteiger charge is -2.41. The van der Waals surface area contributed by atoms with E-state index in [4.69, 9.17) is 10.6 Å². The molecule has 2 atom stereocenters. The lowest BCUT2D eigenvalue weighted by molar-refractivity contribution is -0.0982. The van der Waals surface area contributed by atoms with Gasteiger partial charge in [0.05, 0.1) is 5.60 Å². The maximum atomic E-state index is 6.13. The number of hydrazine groups is 1. The summed E-state index contributed by atoms with van der Waals surface area (Å²) >= 11 is 0. The van der Waals surface area contributed by atoms with Crippen LogP contribution in [0, 0.1) is 12.8 Å². The summed E-state index contributed by atoms with van der Waals surface area (Å²) in [5.74, 6) is 6.41. The van der Waals surface area contributed by atoms with E-state index in [-0.39, 0.29) is 11.6 Å².